The molecule has 6 heteroatoms. The first kappa shape index (κ1) is 14.3. The first-order valence-electron chi connectivity index (χ1n) is 7.56. The van der Waals surface area contributed by atoms with Gasteiger partial charge in [-0.15, -0.1) is 0 Å². The molecular weight excluding hydrogens is 304 g/mol. The van der Waals surface area contributed by atoms with Gasteiger partial charge in [0.2, 0.25) is 11.3 Å². The molecule has 2 aromatic carbocycles. The van der Waals surface area contributed by atoms with Crippen molar-refractivity contribution in [2.75, 3.05) is 0 Å². The Morgan fingerprint density at radius 1 is 1.04 bits per heavy atom. The molecule has 0 amide bonds. The Balaban J connectivity index is 1.63. The van der Waals surface area contributed by atoms with Crippen LogP contribution in [0.3, 0.4) is 0 Å². The molecule has 0 spiro atoms. The molecule has 6 nitrogen and oxygen atoms in total. The summed E-state index contributed by atoms with van der Waals surface area (Å²) in [4.78, 5) is 18.9. The van der Waals surface area contributed by atoms with Crippen molar-refractivity contribution in [3.63, 3.8) is 0 Å². The normalized spacial score (nSPS) is 11.0. The van der Waals surface area contributed by atoms with Crippen molar-refractivity contribution in [3.8, 4) is 11.1 Å². The zero-order chi connectivity index (χ0) is 16.5. The molecule has 0 saturated carbocycles. The summed E-state index contributed by atoms with van der Waals surface area (Å²) in [5, 5.41) is 7.23. The number of H-pyrrole nitrogens is 1. The lowest BCUT2D eigenvalue weighted by Crippen LogP contribution is -2.15. The minimum atomic E-state index is -0.277. The lowest BCUT2D eigenvalue weighted by atomic mass is 10.0. The molecule has 0 atom stereocenters. The molecule has 0 aliphatic rings. The summed E-state index contributed by atoms with van der Waals surface area (Å²) in [6.45, 7) is 2.07. The second-order valence-electron chi connectivity index (χ2n) is 5.69. The fourth-order valence-electron chi connectivity index (χ4n) is 2.65. The van der Waals surface area contributed by atoms with E-state index in [9.17, 15) is 4.79 Å². The molecular formula is C18H14N4O2. The molecule has 1 N–H and O–H groups in total. The number of fused-ring (bicyclic) bond motifs is 1. The number of hydrogen-bond donors (Lipinski definition) is 1. The van der Waals surface area contributed by atoms with Gasteiger partial charge in [-0.05, 0) is 33.9 Å². The SMILES string of the molecule is Cc1cccc(-c2ccc(Cc3nc4nonc4[nH]c3=O)cc2)c1. The predicted octanol–water partition coefficient (Wildman–Crippen LogP) is 2.87. The molecule has 24 heavy (non-hydrogen) atoms. The predicted molar refractivity (Wildman–Crippen MR) is 89.6 cm³/mol. The van der Waals surface area contributed by atoms with Crippen molar-refractivity contribution in [2.45, 2.75) is 13.3 Å². The van der Waals surface area contributed by atoms with Crippen LogP contribution in [0.25, 0.3) is 22.4 Å². The number of nitrogens with one attached hydrogen (secondary N) is 1. The van der Waals surface area contributed by atoms with Crippen molar-refractivity contribution in [1.29, 1.82) is 0 Å². The Bertz CT molecular complexity index is 1060. The standard InChI is InChI=1S/C18H14N4O2/c1-11-3-2-4-14(9-11)13-7-5-12(6-8-13)10-15-18(23)20-17-16(19-15)21-24-22-17/h2-9H,10H2,1H3,(H,20,22,23). The molecule has 0 fully saturated rings. The Morgan fingerprint density at radius 2 is 1.88 bits per heavy atom. The van der Waals surface area contributed by atoms with Crippen molar-refractivity contribution in [2.24, 2.45) is 0 Å². The van der Waals surface area contributed by atoms with E-state index in [0.717, 1.165) is 11.1 Å². The van der Waals surface area contributed by atoms with Crippen LogP contribution < -0.4 is 5.56 Å². The zero-order valence-electron chi connectivity index (χ0n) is 13.0. The highest BCUT2D eigenvalue weighted by Gasteiger charge is 2.09. The van der Waals surface area contributed by atoms with E-state index in [4.69, 9.17) is 0 Å². The zero-order valence-corrected chi connectivity index (χ0v) is 13.0. The average molecular weight is 318 g/mol. The maximum absolute atomic E-state index is 12.0. The molecule has 4 rings (SSSR count). The van der Waals surface area contributed by atoms with Gasteiger partial charge in [0.15, 0.2) is 0 Å². The molecule has 2 heterocycles. The Labute approximate surface area is 137 Å². The summed E-state index contributed by atoms with van der Waals surface area (Å²) in [7, 11) is 0. The Morgan fingerprint density at radius 3 is 2.67 bits per heavy atom. The van der Waals surface area contributed by atoms with Gasteiger partial charge in [-0.2, -0.15) is 0 Å². The van der Waals surface area contributed by atoms with Crippen LogP contribution in [0.4, 0.5) is 0 Å². The fourth-order valence-corrected chi connectivity index (χ4v) is 2.65. The summed E-state index contributed by atoms with van der Waals surface area (Å²) in [6.07, 6.45) is 0.423. The van der Waals surface area contributed by atoms with Crippen LogP contribution in [0.2, 0.25) is 0 Å². The van der Waals surface area contributed by atoms with Gasteiger partial charge < -0.3 is 0 Å². The van der Waals surface area contributed by atoms with E-state index in [1.165, 1.54) is 11.1 Å². The Hall–Kier alpha value is -3.28. The molecule has 0 saturated heterocycles. The largest absolute Gasteiger partial charge is 0.299 e. The molecule has 0 aliphatic heterocycles. The van der Waals surface area contributed by atoms with E-state index in [1.807, 2.05) is 18.2 Å². The third-order valence-corrected chi connectivity index (χ3v) is 3.88. The summed E-state index contributed by atoms with van der Waals surface area (Å²) in [5.41, 5.74) is 5.22. The third kappa shape index (κ3) is 2.69. The first-order chi connectivity index (χ1) is 11.7. The smallest absolute Gasteiger partial charge is 0.271 e. The number of benzene rings is 2. The van der Waals surface area contributed by atoms with Crippen LogP contribution in [0.1, 0.15) is 16.8 Å². The van der Waals surface area contributed by atoms with Gasteiger partial charge in [0.05, 0.1) is 0 Å². The number of aryl methyl sites for hydroxylation is 1. The number of rotatable bonds is 3. The maximum atomic E-state index is 12.0. The van der Waals surface area contributed by atoms with Crippen LogP contribution in [-0.2, 0) is 6.42 Å². The highest BCUT2D eigenvalue weighted by molar-refractivity contribution is 5.64. The summed E-state index contributed by atoms with van der Waals surface area (Å²) >= 11 is 0. The summed E-state index contributed by atoms with van der Waals surface area (Å²) in [6, 6.07) is 16.5. The van der Waals surface area contributed by atoms with Gasteiger partial charge in [-0.3, -0.25) is 9.78 Å². The van der Waals surface area contributed by atoms with Crippen molar-refractivity contribution >= 4 is 11.3 Å². The van der Waals surface area contributed by atoms with Crippen LogP contribution in [0.15, 0.2) is 58.0 Å². The van der Waals surface area contributed by atoms with E-state index < -0.39 is 0 Å². The van der Waals surface area contributed by atoms with Gasteiger partial charge in [-0.1, -0.05) is 54.1 Å². The number of aromatic nitrogens is 4. The molecule has 2 aromatic heterocycles. The number of hydrogen-bond acceptors (Lipinski definition) is 5. The minimum Gasteiger partial charge on any atom is -0.299 e. The number of aromatic amines is 1. The summed E-state index contributed by atoms with van der Waals surface area (Å²) < 4.78 is 4.57. The van der Waals surface area contributed by atoms with Crippen LogP contribution in [-0.4, -0.2) is 20.3 Å². The van der Waals surface area contributed by atoms with E-state index in [2.05, 4.69) is 62.2 Å². The van der Waals surface area contributed by atoms with Crippen LogP contribution >= 0.6 is 0 Å². The van der Waals surface area contributed by atoms with Gasteiger partial charge in [0.25, 0.3) is 5.56 Å². The van der Waals surface area contributed by atoms with Gasteiger partial charge in [0.1, 0.15) is 5.69 Å². The van der Waals surface area contributed by atoms with E-state index in [0.29, 0.717) is 17.8 Å². The van der Waals surface area contributed by atoms with Gasteiger partial charge >= 0.3 is 0 Å². The van der Waals surface area contributed by atoms with Crippen LogP contribution in [0.5, 0.6) is 0 Å². The quantitative estimate of drug-likeness (QED) is 0.628. The van der Waals surface area contributed by atoms with Gasteiger partial charge in [-0.25, -0.2) is 9.61 Å². The average Bonchev–Trinajstić information content (AvgIpc) is 3.03. The highest BCUT2D eigenvalue weighted by Crippen LogP contribution is 2.21. The van der Waals surface area contributed by atoms with E-state index >= 15 is 0 Å². The maximum Gasteiger partial charge on any atom is 0.271 e. The monoisotopic (exact) mass is 318 g/mol. The molecule has 0 bridgehead atoms. The van der Waals surface area contributed by atoms with Crippen LogP contribution in [0, 0.1) is 6.92 Å². The Kier molecular flexibility index (Phi) is 3.42. The number of nitrogens with zero attached hydrogens (tertiary/aromatic N) is 3. The molecule has 0 radical (unpaired) electrons. The second-order valence-corrected chi connectivity index (χ2v) is 5.69. The second kappa shape index (κ2) is 5.73. The topological polar surface area (TPSA) is 84.7 Å². The van der Waals surface area contributed by atoms with Gasteiger partial charge in [0, 0.05) is 6.42 Å². The lowest BCUT2D eigenvalue weighted by molar-refractivity contribution is 0.314. The van der Waals surface area contributed by atoms with Crippen molar-refractivity contribution in [1.82, 2.24) is 20.3 Å². The highest BCUT2D eigenvalue weighted by atomic mass is 16.6. The molecule has 118 valence electrons. The first-order valence-corrected chi connectivity index (χ1v) is 7.56. The summed E-state index contributed by atoms with van der Waals surface area (Å²) in [5.74, 6) is 0. The fraction of sp³-hybridized carbons (Fsp3) is 0.111. The van der Waals surface area contributed by atoms with E-state index in [-0.39, 0.29) is 11.2 Å². The minimum absolute atomic E-state index is 0.263. The van der Waals surface area contributed by atoms with Crippen molar-refractivity contribution in [3.05, 3.63) is 75.7 Å². The lowest BCUT2D eigenvalue weighted by Gasteiger charge is -2.05. The molecule has 0 unspecified atom stereocenters. The molecule has 4 aromatic rings. The van der Waals surface area contributed by atoms with E-state index in [1.54, 1.807) is 0 Å². The third-order valence-electron chi connectivity index (χ3n) is 3.88. The van der Waals surface area contributed by atoms with Crippen molar-refractivity contribution < 1.29 is 4.63 Å². The molecule has 0 aliphatic carbocycles.